The van der Waals surface area contributed by atoms with Crippen molar-refractivity contribution in [3.8, 4) is 0 Å². The summed E-state index contributed by atoms with van der Waals surface area (Å²) in [5.74, 6) is -0.825. The Labute approximate surface area is 226 Å². The third-order valence-corrected chi connectivity index (χ3v) is 8.30. The Kier molecular flexibility index (Phi) is 5.63. The average molecular weight is 519 g/mol. The van der Waals surface area contributed by atoms with E-state index < -0.39 is 0 Å². The van der Waals surface area contributed by atoms with Crippen molar-refractivity contribution in [3.05, 3.63) is 65.7 Å². The van der Waals surface area contributed by atoms with Gasteiger partial charge in [0.25, 0.3) is 11.8 Å². The molecule has 196 valence electrons. The predicted octanol–water partition coefficient (Wildman–Crippen LogP) is 4.66. The van der Waals surface area contributed by atoms with E-state index in [2.05, 4.69) is 45.9 Å². The molecule has 1 fully saturated rings. The zero-order valence-electron chi connectivity index (χ0n) is 22.0. The first kappa shape index (κ1) is 23.9. The molecule has 0 unspecified atom stereocenters. The van der Waals surface area contributed by atoms with Crippen LogP contribution in [0.3, 0.4) is 0 Å². The molecule has 0 bridgehead atoms. The van der Waals surface area contributed by atoms with Crippen LogP contribution >= 0.6 is 0 Å². The first-order chi connectivity index (χ1) is 19.1. The molecular formula is C32H30N4O3. The van der Waals surface area contributed by atoms with E-state index in [-0.39, 0.29) is 30.7 Å². The van der Waals surface area contributed by atoms with Crippen molar-refractivity contribution in [2.45, 2.75) is 19.8 Å². The Hall–Kier alpha value is -4.23. The highest BCUT2D eigenvalue weighted by Gasteiger charge is 2.34. The summed E-state index contributed by atoms with van der Waals surface area (Å²) >= 11 is 0. The Morgan fingerprint density at radius 3 is 2.10 bits per heavy atom. The molecule has 0 aromatic heterocycles. The molecule has 5 aromatic rings. The first-order valence-electron chi connectivity index (χ1n) is 13.8. The van der Waals surface area contributed by atoms with Gasteiger partial charge >= 0.3 is 0 Å². The number of carbonyl (C=O) groups is 3. The van der Waals surface area contributed by atoms with E-state index in [9.17, 15) is 14.4 Å². The van der Waals surface area contributed by atoms with Gasteiger partial charge in [0, 0.05) is 73.3 Å². The Morgan fingerprint density at radius 1 is 0.795 bits per heavy atom. The summed E-state index contributed by atoms with van der Waals surface area (Å²) in [7, 11) is 0. The van der Waals surface area contributed by atoms with E-state index >= 15 is 0 Å². The topological polar surface area (TPSA) is 81.8 Å². The molecule has 5 aromatic carbocycles. The fraction of sp³-hybridized carbons (Fsp3) is 0.281. The van der Waals surface area contributed by atoms with Gasteiger partial charge in [-0.1, -0.05) is 43.3 Å². The smallest absolute Gasteiger partial charge is 0.261 e. The van der Waals surface area contributed by atoms with Crippen LogP contribution in [0.15, 0.2) is 54.6 Å². The van der Waals surface area contributed by atoms with E-state index in [1.165, 1.54) is 21.4 Å². The number of nitrogens with zero attached hydrogens (tertiary/aromatic N) is 2. The SMILES string of the molecule is CCCNC(=O)CCN1C(=O)c2ccc3c4cccc5c(N6CCNCC6)ccc(c6ccc(c2c36)C1=O)c54. The molecule has 1 saturated heterocycles. The summed E-state index contributed by atoms with van der Waals surface area (Å²) in [6.07, 6.45) is 0.929. The zero-order chi connectivity index (χ0) is 26.7. The summed E-state index contributed by atoms with van der Waals surface area (Å²) in [6.45, 7) is 6.51. The molecule has 39 heavy (non-hydrogen) atoms. The van der Waals surface area contributed by atoms with Gasteiger partial charge < -0.3 is 15.5 Å². The second-order valence-electron chi connectivity index (χ2n) is 10.5. The number of rotatable bonds is 6. The van der Waals surface area contributed by atoms with Crippen LogP contribution in [0.5, 0.6) is 0 Å². The summed E-state index contributed by atoms with van der Waals surface area (Å²) in [5, 5.41) is 14.7. The second-order valence-corrected chi connectivity index (χ2v) is 10.5. The lowest BCUT2D eigenvalue weighted by Gasteiger charge is -2.31. The van der Waals surface area contributed by atoms with E-state index in [1.807, 2.05) is 31.2 Å². The quantitative estimate of drug-likeness (QED) is 0.194. The highest BCUT2D eigenvalue weighted by Crippen LogP contribution is 2.45. The normalized spacial score (nSPS) is 15.8. The van der Waals surface area contributed by atoms with Crippen molar-refractivity contribution in [1.29, 1.82) is 0 Å². The number of hydrogen-bond donors (Lipinski definition) is 2. The summed E-state index contributed by atoms with van der Waals surface area (Å²) in [4.78, 5) is 43.0. The standard InChI is InChI=1S/C32H30N4O3/c1-2-13-34-27(37)12-16-36-31(38)24-8-6-21-19-4-3-5-23-26(35-17-14-33-15-18-35)11-10-20(28(19)23)22-7-9-25(32(36)39)30(24)29(21)22/h3-11,33H,2,12-18H2,1H3,(H,34,37). The monoisotopic (exact) mass is 518 g/mol. The maximum absolute atomic E-state index is 13.6. The van der Waals surface area contributed by atoms with Crippen molar-refractivity contribution in [2.24, 2.45) is 0 Å². The van der Waals surface area contributed by atoms with E-state index in [0.29, 0.717) is 17.7 Å². The van der Waals surface area contributed by atoms with Crippen LogP contribution < -0.4 is 15.5 Å². The number of amides is 3. The number of anilines is 1. The van der Waals surface area contributed by atoms with Gasteiger partial charge in [-0.3, -0.25) is 19.3 Å². The van der Waals surface area contributed by atoms with Crippen molar-refractivity contribution in [1.82, 2.24) is 15.5 Å². The number of imide groups is 1. The molecule has 7 nitrogen and oxygen atoms in total. The van der Waals surface area contributed by atoms with E-state index in [1.54, 1.807) is 0 Å². The van der Waals surface area contributed by atoms with Crippen molar-refractivity contribution in [2.75, 3.05) is 44.2 Å². The van der Waals surface area contributed by atoms with Crippen LogP contribution in [0.1, 0.15) is 40.5 Å². The maximum atomic E-state index is 13.6. The first-order valence-corrected chi connectivity index (χ1v) is 13.8. The van der Waals surface area contributed by atoms with E-state index in [0.717, 1.165) is 64.9 Å². The van der Waals surface area contributed by atoms with Gasteiger partial charge in [-0.05, 0) is 56.9 Å². The molecule has 2 aliphatic heterocycles. The Morgan fingerprint density at radius 2 is 1.41 bits per heavy atom. The van der Waals surface area contributed by atoms with Gasteiger partial charge in [0.1, 0.15) is 0 Å². The lowest BCUT2D eigenvalue weighted by molar-refractivity contribution is -0.121. The summed E-state index contributed by atoms with van der Waals surface area (Å²) in [6, 6.07) is 18.6. The highest BCUT2D eigenvalue weighted by atomic mass is 16.2. The van der Waals surface area contributed by atoms with Gasteiger partial charge in [0.15, 0.2) is 0 Å². The zero-order valence-corrected chi connectivity index (χ0v) is 22.0. The number of fused-ring (bicyclic) bond motifs is 2. The molecule has 0 atom stereocenters. The number of piperazine rings is 1. The minimum Gasteiger partial charge on any atom is -0.368 e. The van der Waals surface area contributed by atoms with Gasteiger partial charge in [-0.2, -0.15) is 0 Å². The highest BCUT2D eigenvalue weighted by molar-refractivity contribution is 6.38. The van der Waals surface area contributed by atoms with E-state index in [4.69, 9.17) is 0 Å². The summed E-state index contributed by atoms with van der Waals surface area (Å²) in [5.41, 5.74) is 2.29. The van der Waals surface area contributed by atoms with Crippen molar-refractivity contribution >= 4 is 66.5 Å². The fourth-order valence-corrected chi connectivity index (χ4v) is 6.47. The molecule has 7 rings (SSSR count). The molecular weight excluding hydrogens is 488 g/mol. The van der Waals surface area contributed by atoms with Crippen LogP contribution in [-0.2, 0) is 4.79 Å². The van der Waals surface area contributed by atoms with Gasteiger partial charge in [-0.15, -0.1) is 0 Å². The second kappa shape index (κ2) is 9.20. The van der Waals surface area contributed by atoms with Crippen LogP contribution in [0.2, 0.25) is 0 Å². The molecule has 0 radical (unpaired) electrons. The lowest BCUT2D eigenvalue weighted by atomic mass is 9.84. The number of benzene rings is 5. The molecule has 2 aliphatic rings. The third kappa shape index (κ3) is 3.57. The molecule has 0 spiro atoms. The molecule has 2 N–H and O–H groups in total. The third-order valence-electron chi connectivity index (χ3n) is 8.30. The lowest BCUT2D eigenvalue weighted by Crippen LogP contribution is -2.43. The maximum Gasteiger partial charge on any atom is 0.261 e. The average Bonchev–Trinajstić information content (AvgIpc) is 2.97. The molecule has 3 amide bonds. The van der Waals surface area contributed by atoms with Crippen LogP contribution in [0, 0.1) is 0 Å². The van der Waals surface area contributed by atoms with Crippen molar-refractivity contribution < 1.29 is 14.4 Å². The van der Waals surface area contributed by atoms with Gasteiger partial charge in [0.2, 0.25) is 5.91 Å². The fourth-order valence-electron chi connectivity index (χ4n) is 6.47. The van der Waals surface area contributed by atoms with Crippen LogP contribution in [0.25, 0.3) is 43.1 Å². The van der Waals surface area contributed by atoms with Gasteiger partial charge in [-0.25, -0.2) is 0 Å². The molecule has 0 aliphatic carbocycles. The van der Waals surface area contributed by atoms with Crippen molar-refractivity contribution in [3.63, 3.8) is 0 Å². The Balaban J connectivity index is 1.40. The Bertz CT molecular complexity index is 1730. The molecule has 2 heterocycles. The minimum absolute atomic E-state index is 0.0641. The predicted molar refractivity (Wildman–Crippen MR) is 156 cm³/mol. The minimum atomic E-state index is -0.336. The van der Waals surface area contributed by atoms with Crippen LogP contribution in [0.4, 0.5) is 5.69 Å². The van der Waals surface area contributed by atoms with Crippen LogP contribution in [-0.4, -0.2) is 61.9 Å². The summed E-state index contributed by atoms with van der Waals surface area (Å²) < 4.78 is 0. The molecule has 7 heteroatoms. The number of hydrogen-bond acceptors (Lipinski definition) is 5. The molecule has 0 saturated carbocycles. The van der Waals surface area contributed by atoms with Gasteiger partial charge in [0.05, 0.1) is 0 Å². The largest absolute Gasteiger partial charge is 0.368 e. The number of carbonyl (C=O) groups excluding carboxylic acids is 3. The number of nitrogens with one attached hydrogen (secondary N) is 2.